The maximum absolute atomic E-state index is 5.81. The van der Waals surface area contributed by atoms with Crippen LogP contribution in [0.4, 0.5) is 0 Å². The number of hydrogen-bond donors (Lipinski definition) is 2. The Morgan fingerprint density at radius 2 is 2.00 bits per heavy atom. The van der Waals surface area contributed by atoms with Gasteiger partial charge in [-0.25, -0.2) is 0 Å². The second-order valence-electron chi connectivity index (χ2n) is 3.94. The maximum atomic E-state index is 5.81. The molecule has 4 heteroatoms. The third kappa shape index (κ3) is 3.84. The van der Waals surface area contributed by atoms with Crippen molar-refractivity contribution in [2.24, 2.45) is 5.73 Å². The first-order valence-electron chi connectivity index (χ1n) is 5.49. The van der Waals surface area contributed by atoms with Crippen molar-refractivity contribution in [2.75, 3.05) is 6.54 Å². The normalized spacial score (nSPS) is 14.8. The van der Waals surface area contributed by atoms with Crippen LogP contribution in [0, 0.1) is 0 Å². The van der Waals surface area contributed by atoms with E-state index in [1.54, 1.807) is 0 Å². The highest BCUT2D eigenvalue weighted by Crippen LogP contribution is 2.26. The van der Waals surface area contributed by atoms with E-state index in [-0.39, 0.29) is 6.04 Å². The van der Waals surface area contributed by atoms with Gasteiger partial charge in [0.1, 0.15) is 0 Å². The van der Waals surface area contributed by atoms with E-state index in [0.29, 0.717) is 12.6 Å². The molecule has 0 aliphatic carbocycles. The van der Waals surface area contributed by atoms with Gasteiger partial charge in [0.15, 0.2) is 0 Å². The van der Waals surface area contributed by atoms with Crippen molar-refractivity contribution in [1.29, 1.82) is 0 Å². The first kappa shape index (κ1) is 14.2. The lowest BCUT2D eigenvalue weighted by Crippen LogP contribution is -2.34. The molecule has 2 nitrogen and oxygen atoms in total. The number of benzene rings is 1. The van der Waals surface area contributed by atoms with Crippen molar-refractivity contribution >= 4 is 31.9 Å². The fourth-order valence-electron chi connectivity index (χ4n) is 1.49. The molecule has 1 rings (SSSR count). The monoisotopic (exact) mass is 348 g/mol. The number of halogens is 2. The van der Waals surface area contributed by atoms with E-state index in [9.17, 15) is 0 Å². The minimum atomic E-state index is 0.222. The highest BCUT2D eigenvalue weighted by Gasteiger charge is 2.12. The molecular weight excluding hydrogens is 332 g/mol. The van der Waals surface area contributed by atoms with E-state index < -0.39 is 0 Å². The predicted molar refractivity (Wildman–Crippen MR) is 76.5 cm³/mol. The van der Waals surface area contributed by atoms with E-state index in [0.717, 1.165) is 15.4 Å². The molecule has 0 saturated carbocycles. The van der Waals surface area contributed by atoms with Gasteiger partial charge >= 0.3 is 0 Å². The van der Waals surface area contributed by atoms with Crippen LogP contribution >= 0.6 is 31.9 Å². The van der Waals surface area contributed by atoms with Gasteiger partial charge in [-0.3, -0.25) is 0 Å². The van der Waals surface area contributed by atoms with Crippen molar-refractivity contribution in [2.45, 2.75) is 32.4 Å². The topological polar surface area (TPSA) is 38.0 Å². The van der Waals surface area contributed by atoms with E-state index >= 15 is 0 Å². The third-order valence-corrected chi connectivity index (χ3v) is 4.56. The summed E-state index contributed by atoms with van der Waals surface area (Å²) >= 11 is 6.98. The molecule has 0 saturated heterocycles. The Balaban J connectivity index is 2.82. The van der Waals surface area contributed by atoms with Gasteiger partial charge in [-0.05, 0) is 62.9 Å². The van der Waals surface area contributed by atoms with Gasteiger partial charge in [-0.1, -0.05) is 13.0 Å². The molecule has 0 fully saturated rings. The van der Waals surface area contributed by atoms with Gasteiger partial charge in [0.25, 0.3) is 0 Å². The Labute approximate surface area is 114 Å². The highest BCUT2D eigenvalue weighted by molar-refractivity contribution is 9.13. The van der Waals surface area contributed by atoms with E-state index in [4.69, 9.17) is 5.73 Å². The second-order valence-corrected chi connectivity index (χ2v) is 5.65. The lowest BCUT2D eigenvalue weighted by atomic mass is 10.1. The summed E-state index contributed by atoms with van der Waals surface area (Å²) in [6, 6.07) is 6.95. The molecule has 3 N–H and O–H groups in total. The summed E-state index contributed by atoms with van der Waals surface area (Å²) in [7, 11) is 0. The second kappa shape index (κ2) is 6.74. The Hall–Kier alpha value is 0.1000. The number of nitrogens with one attached hydrogen (secondary N) is 1. The third-order valence-electron chi connectivity index (χ3n) is 2.68. The molecule has 0 aromatic heterocycles. The molecule has 0 bridgehead atoms. The van der Waals surface area contributed by atoms with Crippen LogP contribution in [0.3, 0.4) is 0 Å². The summed E-state index contributed by atoms with van der Waals surface area (Å²) in [6.45, 7) is 4.96. The largest absolute Gasteiger partial charge is 0.329 e. The minimum absolute atomic E-state index is 0.222. The molecule has 0 aliphatic heterocycles. The Morgan fingerprint density at radius 3 is 2.50 bits per heavy atom. The van der Waals surface area contributed by atoms with E-state index in [1.165, 1.54) is 5.56 Å². The molecular formula is C12H18Br2N2. The molecule has 0 aliphatic rings. The van der Waals surface area contributed by atoms with Gasteiger partial charge in [0.05, 0.1) is 0 Å². The fraction of sp³-hybridized carbons (Fsp3) is 0.500. The lowest BCUT2D eigenvalue weighted by Gasteiger charge is -2.22. The predicted octanol–water partition coefficient (Wildman–Crippen LogP) is 3.60. The highest BCUT2D eigenvalue weighted by atomic mass is 79.9. The van der Waals surface area contributed by atoms with Gasteiger partial charge in [-0.2, -0.15) is 0 Å². The van der Waals surface area contributed by atoms with E-state index in [1.807, 2.05) is 6.07 Å². The molecule has 0 heterocycles. The fourth-order valence-corrected chi connectivity index (χ4v) is 2.13. The quantitative estimate of drug-likeness (QED) is 0.852. The van der Waals surface area contributed by atoms with Gasteiger partial charge in [0, 0.05) is 27.6 Å². The van der Waals surface area contributed by atoms with Crippen LogP contribution < -0.4 is 11.1 Å². The number of nitrogens with two attached hydrogens (primary N) is 1. The van der Waals surface area contributed by atoms with E-state index in [2.05, 4.69) is 63.2 Å². The average molecular weight is 350 g/mol. The lowest BCUT2D eigenvalue weighted by molar-refractivity contribution is 0.452. The summed E-state index contributed by atoms with van der Waals surface area (Å²) in [5.74, 6) is 0. The van der Waals surface area contributed by atoms with Crippen LogP contribution in [0.1, 0.15) is 31.9 Å². The Morgan fingerprint density at radius 1 is 1.31 bits per heavy atom. The molecule has 2 atom stereocenters. The molecule has 16 heavy (non-hydrogen) atoms. The molecule has 0 radical (unpaired) electrons. The molecule has 0 amide bonds. The van der Waals surface area contributed by atoms with Crippen LogP contribution in [-0.4, -0.2) is 12.6 Å². The van der Waals surface area contributed by atoms with Crippen LogP contribution in [0.2, 0.25) is 0 Å². The Bertz CT molecular complexity index is 342. The summed E-state index contributed by atoms with van der Waals surface area (Å²) in [5, 5.41) is 3.52. The molecule has 2 unspecified atom stereocenters. The van der Waals surface area contributed by atoms with Crippen LogP contribution in [0.25, 0.3) is 0 Å². The van der Waals surface area contributed by atoms with Crippen LogP contribution in [0.15, 0.2) is 27.1 Å². The van der Waals surface area contributed by atoms with Gasteiger partial charge in [-0.15, -0.1) is 0 Å². The van der Waals surface area contributed by atoms with Crippen molar-refractivity contribution in [3.05, 3.63) is 32.7 Å². The smallest absolute Gasteiger partial charge is 0.0446 e. The zero-order valence-corrected chi connectivity index (χ0v) is 12.8. The summed E-state index contributed by atoms with van der Waals surface area (Å²) in [4.78, 5) is 0. The number of rotatable bonds is 5. The zero-order chi connectivity index (χ0) is 12.1. The summed E-state index contributed by atoms with van der Waals surface area (Å²) in [5.41, 5.74) is 7.03. The first-order chi connectivity index (χ1) is 7.58. The standard InChI is InChI=1S/C12H18Br2N2/c1-3-8(2)16-12(7-15)9-4-5-10(13)11(14)6-9/h4-6,8,12,16H,3,7,15H2,1-2H3. The van der Waals surface area contributed by atoms with Crippen molar-refractivity contribution in [1.82, 2.24) is 5.32 Å². The van der Waals surface area contributed by atoms with Crippen molar-refractivity contribution in [3.8, 4) is 0 Å². The van der Waals surface area contributed by atoms with Gasteiger partial charge < -0.3 is 11.1 Å². The SMILES string of the molecule is CCC(C)NC(CN)c1ccc(Br)c(Br)c1. The maximum Gasteiger partial charge on any atom is 0.0446 e. The zero-order valence-electron chi connectivity index (χ0n) is 9.63. The van der Waals surface area contributed by atoms with Crippen molar-refractivity contribution < 1.29 is 0 Å². The van der Waals surface area contributed by atoms with Crippen LogP contribution in [0.5, 0.6) is 0 Å². The summed E-state index contributed by atoms with van der Waals surface area (Å²) < 4.78 is 2.13. The first-order valence-corrected chi connectivity index (χ1v) is 7.08. The minimum Gasteiger partial charge on any atom is -0.329 e. The van der Waals surface area contributed by atoms with Gasteiger partial charge in [0.2, 0.25) is 0 Å². The summed E-state index contributed by atoms with van der Waals surface area (Å²) in [6.07, 6.45) is 1.11. The Kier molecular flexibility index (Phi) is 5.97. The van der Waals surface area contributed by atoms with Crippen LogP contribution in [-0.2, 0) is 0 Å². The average Bonchev–Trinajstić information content (AvgIpc) is 2.29. The molecule has 90 valence electrons. The number of hydrogen-bond acceptors (Lipinski definition) is 2. The molecule has 1 aromatic rings. The van der Waals surface area contributed by atoms with Crippen molar-refractivity contribution in [3.63, 3.8) is 0 Å². The molecule has 0 spiro atoms. The molecule has 1 aromatic carbocycles.